The highest BCUT2D eigenvalue weighted by Crippen LogP contribution is 2.75. The predicted octanol–water partition coefficient (Wildman–Crippen LogP) is 3.73. The third-order valence-corrected chi connectivity index (χ3v) is 11.4. The molecule has 3 heterocycles. The second kappa shape index (κ2) is 7.86. The molecule has 1 aromatic carbocycles. The van der Waals surface area contributed by atoms with Crippen LogP contribution in [0.2, 0.25) is 0 Å². The Morgan fingerprint density at radius 1 is 1.16 bits per heavy atom. The van der Waals surface area contributed by atoms with Crippen LogP contribution in [0.1, 0.15) is 60.0 Å². The topological polar surface area (TPSA) is 65.8 Å². The number of hydrogen-bond acceptors (Lipinski definition) is 4. The summed E-state index contributed by atoms with van der Waals surface area (Å²) >= 11 is 0. The standard InChI is InChI=1S/C30H35N3O3.ClH/c1-31-11-2-3-22(27(31)35)28(36)33-17-20-15-29-9-8-24(33)26(20)30(29)10-12-32(16-18-4-5-18)25(29)13-19-6-7-21(34)14-23(19)30;/h2-3,6-7,11,14,18,20,24-26,34H,4-5,8-10,12-13,15-17H2,1H3;1H/t20-,24-,25-,26-,29-,30+;/m1./s1. The number of carbonyl (C=O) groups is 1. The Balaban J connectivity index is 0.00000231. The maximum absolute atomic E-state index is 13.8. The van der Waals surface area contributed by atoms with Crippen LogP contribution in [0.15, 0.2) is 41.3 Å². The number of benzene rings is 1. The summed E-state index contributed by atoms with van der Waals surface area (Å²) in [7, 11) is 1.72. The number of aryl methyl sites for hydroxylation is 1. The van der Waals surface area contributed by atoms with Crippen LogP contribution in [0.3, 0.4) is 0 Å². The molecule has 6 aliphatic rings. The number of pyridine rings is 1. The molecule has 2 aromatic rings. The van der Waals surface area contributed by atoms with Crippen molar-refractivity contribution in [2.24, 2.45) is 30.2 Å². The van der Waals surface area contributed by atoms with Gasteiger partial charge in [-0.25, -0.2) is 0 Å². The van der Waals surface area contributed by atoms with E-state index in [4.69, 9.17) is 0 Å². The number of nitrogens with zero attached hydrogens (tertiary/aromatic N) is 3. The molecule has 2 saturated heterocycles. The first-order valence-corrected chi connectivity index (χ1v) is 14.0. The fraction of sp³-hybridized carbons (Fsp3) is 0.600. The van der Waals surface area contributed by atoms with Crippen molar-refractivity contribution in [3.8, 4) is 5.75 Å². The number of hydrogen-bond donors (Lipinski definition) is 1. The summed E-state index contributed by atoms with van der Waals surface area (Å²) in [6, 6.07) is 10.4. The maximum Gasteiger partial charge on any atom is 0.263 e. The lowest BCUT2D eigenvalue weighted by Gasteiger charge is -2.66. The van der Waals surface area contributed by atoms with Crippen molar-refractivity contribution >= 4 is 18.3 Å². The van der Waals surface area contributed by atoms with Crippen LogP contribution >= 0.6 is 12.4 Å². The van der Waals surface area contributed by atoms with E-state index in [1.807, 2.05) is 6.07 Å². The van der Waals surface area contributed by atoms with Gasteiger partial charge in [-0.3, -0.25) is 14.5 Å². The van der Waals surface area contributed by atoms with Crippen molar-refractivity contribution in [2.75, 3.05) is 19.6 Å². The van der Waals surface area contributed by atoms with Crippen LogP contribution in [0.4, 0.5) is 0 Å². The molecule has 0 unspecified atom stereocenters. The number of piperidine rings is 1. The second-order valence-electron chi connectivity index (χ2n) is 12.8. The molecule has 1 amide bonds. The molecule has 2 aliphatic heterocycles. The first-order chi connectivity index (χ1) is 17.4. The SMILES string of the molecule is Cl.Cn1cccc(C(=O)N2C[C@H]3C[C@@]45CC[C@@H]2[C@@H]3[C@@]42CCN(CC3CC3)[C@@H]5Cc3ccc(O)cc32)c1=O. The largest absolute Gasteiger partial charge is 0.508 e. The molecule has 0 radical (unpaired) electrons. The third kappa shape index (κ3) is 2.92. The molecule has 1 N–H and O–H groups in total. The molecule has 0 spiro atoms. The monoisotopic (exact) mass is 521 g/mol. The summed E-state index contributed by atoms with van der Waals surface area (Å²) in [5, 5.41) is 10.6. The molecular formula is C30H36ClN3O3. The number of fused-ring (bicyclic) bond motifs is 1. The van der Waals surface area contributed by atoms with Crippen LogP contribution < -0.4 is 5.56 Å². The van der Waals surface area contributed by atoms with Crippen molar-refractivity contribution in [1.82, 2.24) is 14.4 Å². The van der Waals surface area contributed by atoms with Gasteiger partial charge in [0.15, 0.2) is 0 Å². The predicted molar refractivity (Wildman–Crippen MR) is 143 cm³/mol. The number of phenols is 1. The van der Waals surface area contributed by atoms with Crippen molar-refractivity contribution in [1.29, 1.82) is 0 Å². The van der Waals surface area contributed by atoms with Gasteiger partial charge in [0.2, 0.25) is 0 Å². The normalized spacial score (nSPS) is 37.1. The second-order valence-corrected chi connectivity index (χ2v) is 12.8. The number of amides is 1. The molecule has 6 nitrogen and oxygen atoms in total. The van der Waals surface area contributed by atoms with Crippen molar-refractivity contribution in [3.63, 3.8) is 0 Å². The molecule has 7 heteroatoms. The Kier molecular flexibility index (Phi) is 5.05. The Bertz CT molecular complexity index is 1350. The van der Waals surface area contributed by atoms with E-state index in [1.54, 1.807) is 25.4 Å². The lowest BCUT2D eigenvalue weighted by Crippen LogP contribution is -2.70. The van der Waals surface area contributed by atoms with Gasteiger partial charge in [0.25, 0.3) is 11.5 Å². The molecular weight excluding hydrogens is 486 g/mol. The first-order valence-electron chi connectivity index (χ1n) is 14.0. The molecule has 196 valence electrons. The third-order valence-electron chi connectivity index (χ3n) is 11.4. The number of carbonyl (C=O) groups excluding carboxylic acids is 1. The Morgan fingerprint density at radius 3 is 2.81 bits per heavy atom. The Morgan fingerprint density at radius 2 is 2.00 bits per heavy atom. The van der Waals surface area contributed by atoms with Crippen LogP contribution in [-0.4, -0.2) is 57.1 Å². The average Bonchev–Trinajstić information content (AvgIpc) is 3.56. The van der Waals surface area contributed by atoms with Crippen LogP contribution in [0.5, 0.6) is 5.75 Å². The first kappa shape index (κ1) is 23.8. The number of phenolic OH excluding ortho intramolecular Hbond substituents is 1. The molecule has 3 saturated carbocycles. The van der Waals surface area contributed by atoms with E-state index in [0.29, 0.717) is 29.2 Å². The minimum Gasteiger partial charge on any atom is -0.508 e. The molecule has 1 aromatic heterocycles. The van der Waals surface area contributed by atoms with Gasteiger partial charge in [-0.15, -0.1) is 12.4 Å². The lowest BCUT2D eigenvalue weighted by atomic mass is 9.43. The smallest absolute Gasteiger partial charge is 0.263 e. The lowest BCUT2D eigenvalue weighted by molar-refractivity contribution is -0.102. The van der Waals surface area contributed by atoms with Gasteiger partial charge in [-0.05, 0) is 110 Å². The number of aromatic nitrogens is 1. The zero-order valence-corrected chi connectivity index (χ0v) is 22.3. The van der Waals surface area contributed by atoms with Gasteiger partial charge in [0.05, 0.1) is 0 Å². The van der Waals surface area contributed by atoms with Crippen molar-refractivity contribution in [2.45, 2.75) is 62.4 Å². The fourth-order valence-electron chi connectivity index (χ4n) is 10.1. The number of aromatic hydroxyl groups is 1. The van der Waals surface area contributed by atoms with E-state index in [0.717, 1.165) is 44.7 Å². The average molecular weight is 522 g/mol. The van der Waals surface area contributed by atoms with E-state index in [-0.39, 0.29) is 40.7 Å². The molecule has 6 atom stereocenters. The van der Waals surface area contributed by atoms with Crippen LogP contribution in [-0.2, 0) is 18.9 Å². The Labute approximate surface area is 224 Å². The zero-order valence-electron chi connectivity index (χ0n) is 21.4. The van der Waals surface area contributed by atoms with Gasteiger partial charge in [0.1, 0.15) is 11.3 Å². The molecule has 8 rings (SSSR count). The van der Waals surface area contributed by atoms with E-state index in [1.165, 1.54) is 41.5 Å². The van der Waals surface area contributed by atoms with Crippen molar-refractivity contribution in [3.05, 3.63) is 63.6 Å². The van der Waals surface area contributed by atoms with Crippen molar-refractivity contribution < 1.29 is 9.90 Å². The highest BCUT2D eigenvalue weighted by molar-refractivity contribution is 5.94. The number of halogens is 1. The van der Waals surface area contributed by atoms with E-state index < -0.39 is 0 Å². The summed E-state index contributed by atoms with van der Waals surface area (Å²) in [5.74, 6) is 2.04. The van der Waals surface area contributed by atoms with Gasteiger partial charge in [0, 0.05) is 43.8 Å². The highest BCUT2D eigenvalue weighted by Gasteiger charge is 2.76. The summed E-state index contributed by atoms with van der Waals surface area (Å²) in [6.45, 7) is 3.14. The van der Waals surface area contributed by atoms with E-state index in [9.17, 15) is 14.7 Å². The highest BCUT2D eigenvalue weighted by atomic mass is 35.5. The zero-order chi connectivity index (χ0) is 24.4. The van der Waals surface area contributed by atoms with E-state index >= 15 is 0 Å². The van der Waals surface area contributed by atoms with Gasteiger partial charge in [-0.1, -0.05) is 6.07 Å². The summed E-state index contributed by atoms with van der Waals surface area (Å²) in [4.78, 5) is 31.6. The fourth-order valence-corrected chi connectivity index (χ4v) is 10.1. The van der Waals surface area contributed by atoms with E-state index in [2.05, 4.69) is 21.9 Å². The van der Waals surface area contributed by atoms with Crippen LogP contribution in [0, 0.1) is 23.2 Å². The minimum atomic E-state index is -0.204. The molecule has 4 bridgehead atoms. The minimum absolute atomic E-state index is 0. The molecule has 4 aliphatic carbocycles. The number of rotatable bonds is 3. The molecule has 5 fully saturated rings. The van der Waals surface area contributed by atoms with Gasteiger partial charge >= 0.3 is 0 Å². The van der Waals surface area contributed by atoms with Crippen LogP contribution in [0.25, 0.3) is 0 Å². The summed E-state index contributed by atoms with van der Waals surface area (Å²) in [6.07, 6.45) is 10.0. The Hall–Kier alpha value is -2.31. The maximum atomic E-state index is 13.8. The quantitative estimate of drug-likeness (QED) is 0.668. The van der Waals surface area contributed by atoms with Gasteiger partial charge < -0.3 is 14.6 Å². The summed E-state index contributed by atoms with van der Waals surface area (Å²) < 4.78 is 1.51. The number of likely N-dealkylation sites (tertiary alicyclic amines) is 2. The summed E-state index contributed by atoms with van der Waals surface area (Å²) in [5.41, 5.74) is 3.15. The molecule has 37 heavy (non-hydrogen) atoms. The van der Waals surface area contributed by atoms with Gasteiger partial charge in [-0.2, -0.15) is 0 Å².